The maximum atomic E-state index is 8.90. The molecule has 0 atom stereocenters. The smallest absolute Gasteiger partial charge is 0.0701 e. The van der Waals surface area contributed by atoms with Crippen LogP contribution in [-0.4, -0.2) is 42.8 Å². The van der Waals surface area contributed by atoms with Crippen molar-refractivity contribution in [2.45, 2.75) is 19.4 Å². The molecule has 0 bridgehead atoms. The first-order chi connectivity index (χ1) is 8.78. The zero-order valence-electron chi connectivity index (χ0n) is 10.6. The highest BCUT2D eigenvalue weighted by Crippen LogP contribution is 2.21. The first-order valence-electron chi connectivity index (χ1n) is 6.55. The maximum absolute atomic E-state index is 8.90. The van der Waals surface area contributed by atoms with Gasteiger partial charge in [0.1, 0.15) is 0 Å². The third-order valence-corrected chi connectivity index (χ3v) is 5.06. The van der Waals surface area contributed by atoms with Crippen molar-refractivity contribution >= 4 is 27.3 Å². The molecule has 1 saturated heterocycles. The number of piperidine rings is 1. The van der Waals surface area contributed by atoms with Gasteiger partial charge < -0.3 is 15.3 Å². The second kappa shape index (κ2) is 7.60. The minimum absolute atomic E-state index is 0.288. The molecular weight excluding hydrogens is 312 g/mol. The van der Waals surface area contributed by atoms with Gasteiger partial charge >= 0.3 is 0 Å². The molecule has 2 rings (SSSR count). The van der Waals surface area contributed by atoms with Crippen LogP contribution in [0.5, 0.6) is 0 Å². The Hall–Kier alpha value is 0.0600. The number of aliphatic hydroxyl groups excluding tert-OH is 1. The number of thiophene rings is 1. The first-order valence-corrected chi connectivity index (χ1v) is 8.22. The molecule has 0 saturated carbocycles. The fraction of sp³-hybridized carbons (Fsp3) is 0.692. The average Bonchev–Trinajstić information content (AvgIpc) is 2.78. The van der Waals surface area contributed by atoms with E-state index in [1.54, 1.807) is 11.3 Å². The van der Waals surface area contributed by atoms with Crippen LogP contribution in [-0.2, 0) is 6.54 Å². The molecule has 1 aliphatic rings. The number of β-amino-alcohol motifs (C(OH)–C–C–N with tert-alkyl or cyclic N) is 1. The molecule has 102 valence electrons. The van der Waals surface area contributed by atoms with Crippen LogP contribution in [0.2, 0.25) is 0 Å². The largest absolute Gasteiger partial charge is 0.395 e. The van der Waals surface area contributed by atoms with Crippen molar-refractivity contribution in [3.63, 3.8) is 0 Å². The predicted molar refractivity (Wildman–Crippen MR) is 80.0 cm³/mol. The summed E-state index contributed by atoms with van der Waals surface area (Å²) in [5.74, 6) is 0.794. The van der Waals surface area contributed by atoms with Crippen LogP contribution in [0.15, 0.2) is 15.2 Å². The second-order valence-electron chi connectivity index (χ2n) is 4.90. The number of nitrogens with one attached hydrogen (secondary N) is 1. The van der Waals surface area contributed by atoms with Gasteiger partial charge in [0.25, 0.3) is 0 Å². The number of likely N-dealkylation sites (tertiary alicyclic amines) is 1. The molecule has 3 nitrogen and oxygen atoms in total. The van der Waals surface area contributed by atoms with Crippen LogP contribution in [0.4, 0.5) is 0 Å². The SMILES string of the molecule is OCCN1CCC(CNCc2csc(Br)c2)CC1. The Morgan fingerprint density at radius 3 is 2.83 bits per heavy atom. The fourth-order valence-electron chi connectivity index (χ4n) is 2.41. The lowest BCUT2D eigenvalue weighted by Gasteiger charge is -2.31. The van der Waals surface area contributed by atoms with E-state index in [4.69, 9.17) is 5.11 Å². The summed E-state index contributed by atoms with van der Waals surface area (Å²) in [5, 5.41) is 14.6. The van der Waals surface area contributed by atoms with Crippen molar-refractivity contribution in [3.05, 3.63) is 20.8 Å². The summed E-state index contributed by atoms with van der Waals surface area (Å²) in [7, 11) is 0. The average molecular weight is 333 g/mol. The van der Waals surface area contributed by atoms with E-state index in [2.05, 4.69) is 37.6 Å². The summed E-state index contributed by atoms with van der Waals surface area (Å²) >= 11 is 5.23. The number of hydrogen-bond donors (Lipinski definition) is 2. The fourth-order valence-corrected chi connectivity index (χ4v) is 3.62. The van der Waals surface area contributed by atoms with Crippen LogP contribution < -0.4 is 5.32 Å². The van der Waals surface area contributed by atoms with E-state index in [-0.39, 0.29) is 6.61 Å². The Labute approximate surface area is 121 Å². The highest BCUT2D eigenvalue weighted by Gasteiger charge is 2.18. The van der Waals surface area contributed by atoms with Gasteiger partial charge in [0.05, 0.1) is 10.4 Å². The van der Waals surface area contributed by atoms with E-state index >= 15 is 0 Å². The summed E-state index contributed by atoms with van der Waals surface area (Å²) in [6.45, 7) is 5.48. The van der Waals surface area contributed by atoms with Gasteiger partial charge in [0.15, 0.2) is 0 Å². The van der Waals surface area contributed by atoms with E-state index in [1.807, 2.05) is 0 Å². The third kappa shape index (κ3) is 4.63. The quantitative estimate of drug-likeness (QED) is 0.839. The van der Waals surface area contributed by atoms with Crippen molar-refractivity contribution in [1.29, 1.82) is 0 Å². The summed E-state index contributed by atoms with van der Waals surface area (Å²) in [6, 6.07) is 2.18. The normalized spacial score (nSPS) is 18.3. The zero-order chi connectivity index (χ0) is 12.8. The Bertz CT molecular complexity index is 351. The maximum Gasteiger partial charge on any atom is 0.0701 e. The second-order valence-corrected chi connectivity index (χ2v) is 7.19. The molecule has 0 spiro atoms. The predicted octanol–water partition coefficient (Wildman–Crippen LogP) is 2.30. The van der Waals surface area contributed by atoms with Crippen LogP contribution in [0.1, 0.15) is 18.4 Å². The summed E-state index contributed by atoms with van der Waals surface area (Å²) in [4.78, 5) is 2.35. The molecule has 1 aliphatic heterocycles. The Morgan fingerprint density at radius 2 is 2.22 bits per heavy atom. The lowest BCUT2D eigenvalue weighted by Crippen LogP contribution is -2.38. The van der Waals surface area contributed by atoms with E-state index in [1.165, 1.54) is 22.2 Å². The van der Waals surface area contributed by atoms with Crippen molar-refractivity contribution in [2.24, 2.45) is 5.92 Å². The summed E-state index contributed by atoms with van der Waals surface area (Å²) in [6.07, 6.45) is 2.50. The van der Waals surface area contributed by atoms with Crippen molar-refractivity contribution in [3.8, 4) is 0 Å². The molecule has 0 aliphatic carbocycles. The molecular formula is C13H21BrN2OS. The van der Waals surface area contributed by atoms with E-state index in [9.17, 15) is 0 Å². The molecule has 1 fully saturated rings. The highest BCUT2D eigenvalue weighted by atomic mass is 79.9. The number of hydrogen-bond acceptors (Lipinski definition) is 4. The minimum atomic E-state index is 0.288. The number of nitrogens with zero attached hydrogens (tertiary/aromatic N) is 1. The number of halogens is 1. The standard InChI is InChI=1S/C13H21BrN2OS/c14-13-7-12(10-18-13)9-15-8-11-1-3-16(4-2-11)5-6-17/h7,10-11,15,17H,1-6,8-9H2. The Balaban J connectivity index is 1.60. The van der Waals surface area contributed by atoms with Gasteiger partial charge in [-0.25, -0.2) is 0 Å². The van der Waals surface area contributed by atoms with Gasteiger partial charge in [-0.1, -0.05) is 0 Å². The molecule has 1 aromatic heterocycles. The van der Waals surface area contributed by atoms with Gasteiger partial charge in [-0.15, -0.1) is 11.3 Å². The van der Waals surface area contributed by atoms with Crippen LogP contribution in [0.25, 0.3) is 0 Å². The monoisotopic (exact) mass is 332 g/mol. The summed E-state index contributed by atoms with van der Waals surface area (Å²) < 4.78 is 1.21. The van der Waals surface area contributed by atoms with E-state index in [0.717, 1.165) is 38.6 Å². The Kier molecular flexibility index (Phi) is 6.11. The molecule has 18 heavy (non-hydrogen) atoms. The van der Waals surface area contributed by atoms with Gasteiger partial charge in [0, 0.05) is 13.1 Å². The van der Waals surface area contributed by atoms with Gasteiger partial charge in [-0.05, 0) is 71.3 Å². The minimum Gasteiger partial charge on any atom is -0.395 e. The van der Waals surface area contributed by atoms with Crippen LogP contribution >= 0.6 is 27.3 Å². The van der Waals surface area contributed by atoms with Crippen molar-refractivity contribution in [2.75, 3.05) is 32.8 Å². The molecule has 0 unspecified atom stereocenters. The third-order valence-electron chi connectivity index (χ3n) is 3.51. The van der Waals surface area contributed by atoms with Crippen LogP contribution in [0.3, 0.4) is 0 Å². The van der Waals surface area contributed by atoms with E-state index < -0.39 is 0 Å². The number of aliphatic hydroxyl groups is 1. The molecule has 5 heteroatoms. The molecule has 0 amide bonds. The molecule has 2 heterocycles. The van der Waals surface area contributed by atoms with Gasteiger partial charge in [-0.3, -0.25) is 0 Å². The first kappa shape index (κ1) is 14.5. The van der Waals surface area contributed by atoms with E-state index in [0.29, 0.717) is 0 Å². The topological polar surface area (TPSA) is 35.5 Å². The lowest BCUT2D eigenvalue weighted by atomic mass is 9.97. The van der Waals surface area contributed by atoms with Crippen molar-refractivity contribution < 1.29 is 5.11 Å². The number of rotatable bonds is 6. The molecule has 2 N–H and O–H groups in total. The van der Waals surface area contributed by atoms with Crippen LogP contribution in [0, 0.1) is 5.92 Å². The highest BCUT2D eigenvalue weighted by molar-refractivity contribution is 9.11. The van der Waals surface area contributed by atoms with Crippen molar-refractivity contribution in [1.82, 2.24) is 10.2 Å². The van der Waals surface area contributed by atoms with Gasteiger partial charge in [0.2, 0.25) is 0 Å². The molecule has 1 aromatic rings. The summed E-state index contributed by atoms with van der Waals surface area (Å²) in [5.41, 5.74) is 1.37. The zero-order valence-corrected chi connectivity index (χ0v) is 13.0. The lowest BCUT2D eigenvalue weighted by molar-refractivity contribution is 0.146. The molecule has 0 aromatic carbocycles. The van der Waals surface area contributed by atoms with Gasteiger partial charge in [-0.2, -0.15) is 0 Å². The molecule has 0 radical (unpaired) electrons. The Morgan fingerprint density at radius 1 is 1.44 bits per heavy atom.